The van der Waals surface area contributed by atoms with Crippen LogP contribution in [0.2, 0.25) is 0 Å². The van der Waals surface area contributed by atoms with Crippen LogP contribution in [0.15, 0.2) is 15.7 Å². The van der Waals surface area contributed by atoms with E-state index >= 15 is 0 Å². The first-order chi connectivity index (χ1) is 14.4. The molecule has 3 aromatic rings. The van der Waals surface area contributed by atoms with E-state index in [9.17, 15) is 14.4 Å². The Bertz CT molecular complexity index is 1170. The SMILES string of the molecule is CCCn1c(-c2cc(NC(=O)CCCN)nn2C)nc2c1c(=O)[nH]c(=O)n2CCC. The van der Waals surface area contributed by atoms with Crippen molar-refractivity contribution in [3.8, 4) is 11.5 Å². The maximum absolute atomic E-state index is 12.6. The van der Waals surface area contributed by atoms with E-state index in [4.69, 9.17) is 5.73 Å². The molecule has 3 rings (SSSR count). The van der Waals surface area contributed by atoms with Gasteiger partial charge in [-0.1, -0.05) is 13.8 Å². The molecule has 3 heterocycles. The van der Waals surface area contributed by atoms with E-state index in [0.29, 0.717) is 61.0 Å². The summed E-state index contributed by atoms with van der Waals surface area (Å²) >= 11 is 0. The predicted octanol–water partition coefficient (Wildman–Crippen LogP) is 0.784. The second-order valence-electron chi connectivity index (χ2n) is 7.15. The number of hydrogen-bond acceptors (Lipinski definition) is 6. The first-order valence-electron chi connectivity index (χ1n) is 10.2. The van der Waals surface area contributed by atoms with Gasteiger partial charge in [0.15, 0.2) is 22.8 Å². The Balaban J connectivity index is 2.14. The number of carbonyl (C=O) groups excluding carboxylic acids is 1. The highest BCUT2D eigenvalue weighted by Gasteiger charge is 2.22. The molecule has 30 heavy (non-hydrogen) atoms. The van der Waals surface area contributed by atoms with E-state index in [0.717, 1.165) is 12.8 Å². The van der Waals surface area contributed by atoms with Crippen molar-refractivity contribution in [1.29, 1.82) is 0 Å². The minimum absolute atomic E-state index is 0.166. The van der Waals surface area contributed by atoms with Crippen LogP contribution in [0.1, 0.15) is 39.5 Å². The fourth-order valence-electron chi connectivity index (χ4n) is 3.45. The number of hydrogen-bond donors (Lipinski definition) is 3. The number of rotatable bonds is 9. The Morgan fingerprint density at radius 3 is 2.57 bits per heavy atom. The average molecular weight is 416 g/mol. The van der Waals surface area contributed by atoms with Crippen molar-refractivity contribution in [1.82, 2.24) is 28.9 Å². The van der Waals surface area contributed by atoms with Gasteiger partial charge in [-0.2, -0.15) is 5.10 Å². The molecule has 0 atom stereocenters. The zero-order valence-corrected chi connectivity index (χ0v) is 17.6. The second-order valence-corrected chi connectivity index (χ2v) is 7.15. The van der Waals surface area contributed by atoms with Crippen molar-refractivity contribution in [3.63, 3.8) is 0 Å². The van der Waals surface area contributed by atoms with Gasteiger partial charge in [-0.25, -0.2) is 9.78 Å². The number of nitrogens with one attached hydrogen (secondary N) is 2. The van der Waals surface area contributed by atoms with Crippen molar-refractivity contribution < 1.29 is 4.79 Å². The van der Waals surface area contributed by atoms with E-state index in [2.05, 4.69) is 20.4 Å². The lowest BCUT2D eigenvalue weighted by Gasteiger charge is -2.07. The number of fused-ring (bicyclic) bond motifs is 1. The van der Waals surface area contributed by atoms with Gasteiger partial charge >= 0.3 is 5.69 Å². The maximum Gasteiger partial charge on any atom is 0.330 e. The van der Waals surface area contributed by atoms with Crippen LogP contribution in [0.25, 0.3) is 22.7 Å². The molecule has 1 amide bonds. The average Bonchev–Trinajstić information content (AvgIpc) is 3.24. The minimum Gasteiger partial charge on any atom is -0.330 e. The first-order valence-corrected chi connectivity index (χ1v) is 10.2. The lowest BCUT2D eigenvalue weighted by molar-refractivity contribution is -0.116. The van der Waals surface area contributed by atoms with Crippen molar-refractivity contribution >= 4 is 22.9 Å². The van der Waals surface area contributed by atoms with Crippen molar-refractivity contribution in [2.75, 3.05) is 11.9 Å². The quantitative estimate of drug-likeness (QED) is 0.470. The summed E-state index contributed by atoms with van der Waals surface area (Å²) in [7, 11) is 1.74. The fraction of sp³-hybridized carbons (Fsp3) is 0.526. The molecule has 0 unspecified atom stereocenters. The Morgan fingerprint density at radius 1 is 1.20 bits per heavy atom. The fourth-order valence-corrected chi connectivity index (χ4v) is 3.45. The Kier molecular flexibility index (Phi) is 6.50. The van der Waals surface area contributed by atoms with Gasteiger partial charge in [0.2, 0.25) is 5.91 Å². The number of imidazole rings is 1. The summed E-state index contributed by atoms with van der Waals surface area (Å²) in [6.45, 7) is 5.38. The first kappa shape index (κ1) is 21.5. The van der Waals surface area contributed by atoms with Crippen LogP contribution >= 0.6 is 0 Å². The number of H-pyrrole nitrogens is 1. The monoisotopic (exact) mass is 416 g/mol. The van der Waals surface area contributed by atoms with Gasteiger partial charge in [0.25, 0.3) is 5.56 Å². The van der Waals surface area contributed by atoms with Gasteiger partial charge in [0.1, 0.15) is 5.69 Å². The van der Waals surface area contributed by atoms with Gasteiger partial charge in [0, 0.05) is 32.6 Å². The van der Waals surface area contributed by atoms with E-state index < -0.39 is 11.2 Å². The van der Waals surface area contributed by atoms with Crippen LogP contribution in [0.5, 0.6) is 0 Å². The summed E-state index contributed by atoms with van der Waals surface area (Å²) in [5.74, 6) is 0.745. The largest absolute Gasteiger partial charge is 0.330 e. The third-order valence-corrected chi connectivity index (χ3v) is 4.76. The second kappa shape index (κ2) is 9.08. The Morgan fingerprint density at radius 2 is 1.90 bits per heavy atom. The molecule has 0 saturated carbocycles. The number of aromatic amines is 1. The summed E-state index contributed by atoms with van der Waals surface area (Å²) in [5.41, 5.74) is 5.85. The summed E-state index contributed by atoms with van der Waals surface area (Å²) in [5, 5.41) is 7.11. The molecule has 0 bridgehead atoms. The highest BCUT2D eigenvalue weighted by Crippen LogP contribution is 2.25. The molecule has 4 N–H and O–H groups in total. The lowest BCUT2D eigenvalue weighted by Crippen LogP contribution is -2.31. The molecule has 0 fully saturated rings. The minimum atomic E-state index is -0.472. The smallest absolute Gasteiger partial charge is 0.330 e. The van der Waals surface area contributed by atoms with Crippen LogP contribution in [-0.2, 0) is 24.9 Å². The van der Waals surface area contributed by atoms with Gasteiger partial charge in [-0.05, 0) is 25.8 Å². The maximum atomic E-state index is 12.6. The van der Waals surface area contributed by atoms with Gasteiger partial charge in [-0.15, -0.1) is 0 Å². The van der Waals surface area contributed by atoms with Crippen molar-refractivity contribution in [3.05, 3.63) is 26.9 Å². The van der Waals surface area contributed by atoms with E-state index in [-0.39, 0.29) is 5.91 Å². The zero-order chi connectivity index (χ0) is 21.8. The number of aryl methyl sites for hydroxylation is 3. The van der Waals surface area contributed by atoms with Crippen LogP contribution in [0.4, 0.5) is 5.82 Å². The molecule has 0 aliphatic rings. The molecular formula is C19H28N8O3. The van der Waals surface area contributed by atoms with Crippen LogP contribution in [0, 0.1) is 0 Å². The molecule has 0 saturated heterocycles. The van der Waals surface area contributed by atoms with Crippen LogP contribution < -0.4 is 22.3 Å². The van der Waals surface area contributed by atoms with E-state index in [1.807, 2.05) is 13.8 Å². The molecule has 11 heteroatoms. The molecule has 0 aliphatic carbocycles. The summed E-state index contributed by atoms with van der Waals surface area (Å²) in [4.78, 5) is 44.0. The topological polar surface area (TPSA) is 146 Å². The highest BCUT2D eigenvalue weighted by molar-refractivity contribution is 5.90. The third-order valence-electron chi connectivity index (χ3n) is 4.76. The molecule has 11 nitrogen and oxygen atoms in total. The third kappa shape index (κ3) is 4.06. The predicted molar refractivity (Wildman–Crippen MR) is 114 cm³/mol. The zero-order valence-electron chi connectivity index (χ0n) is 17.6. The molecule has 0 radical (unpaired) electrons. The molecule has 0 aliphatic heterocycles. The number of nitrogens with zero attached hydrogens (tertiary/aromatic N) is 5. The Hall–Kier alpha value is -3.21. The van der Waals surface area contributed by atoms with Crippen molar-refractivity contribution in [2.24, 2.45) is 12.8 Å². The number of aromatic nitrogens is 6. The van der Waals surface area contributed by atoms with Gasteiger partial charge in [0.05, 0.1) is 0 Å². The van der Waals surface area contributed by atoms with Gasteiger partial charge in [-0.3, -0.25) is 23.8 Å². The number of carbonyl (C=O) groups is 1. The number of anilines is 1. The molecule has 0 aromatic carbocycles. The molecule has 162 valence electrons. The van der Waals surface area contributed by atoms with Gasteiger partial charge < -0.3 is 15.6 Å². The molecule has 0 spiro atoms. The highest BCUT2D eigenvalue weighted by atomic mass is 16.2. The van der Waals surface area contributed by atoms with E-state index in [1.165, 1.54) is 4.57 Å². The Labute approximate surface area is 172 Å². The van der Waals surface area contributed by atoms with E-state index in [1.54, 1.807) is 22.4 Å². The summed E-state index contributed by atoms with van der Waals surface area (Å²) < 4.78 is 4.89. The summed E-state index contributed by atoms with van der Waals surface area (Å²) in [6.07, 6.45) is 2.40. The van der Waals surface area contributed by atoms with Crippen LogP contribution in [-0.4, -0.2) is 41.3 Å². The summed E-state index contributed by atoms with van der Waals surface area (Å²) in [6, 6.07) is 1.71. The molecular weight excluding hydrogens is 388 g/mol. The lowest BCUT2D eigenvalue weighted by atomic mass is 10.3. The standard InChI is InChI=1S/C19H28N8O3/c1-4-9-26-15-17(27(10-5-2)19(30)23-18(15)29)22-16(26)12-11-13(24-25(12)3)21-14(28)7-6-8-20/h11H,4-10,20H2,1-3H3,(H,21,24,28)(H,23,29,30). The van der Waals surface area contributed by atoms with Crippen LogP contribution in [0.3, 0.4) is 0 Å². The normalized spacial score (nSPS) is 11.3. The number of amides is 1. The number of nitrogens with two attached hydrogens (primary N) is 1. The molecule has 3 aromatic heterocycles. The van der Waals surface area contributed by atoms with Crippen molar-refractivity contribution in [2.45, 2.75) is 52.6 Å².